The summed E-state index contributed by atoms with van der Waals surface area (Å²) in [5.41, 5.74) is -0.0725. The van der Waals surface area contributed by atoms with Gasteiger partial charge in [0.2, 0.25) is 5.82 Å². The Morgan fingerprint density at radius 3 is 2.76 bits per heavy atom. The van der Waals surface area contributed by atoms with Gasteiger partial charge >= 0.3 is 0 Å². The SMILES string of the molecule is CCN1CCC[C@@H](Nc2nnc(-c3ccc(C(C)(F)F)cc3OC)n(C)c2=O)C1. The van der Waals surface area contributed by atoms with Crippen molar-refractivity contribution in [1.29, 1.82) is 0 Å². The molecule has 0 amide bonds. The van der Waals surface area contributed by atoms with Crippen molar-refractivity contribution >= 4 is 5.82 Å². The van der Waals surface area contributed by atoms with Crippen LogP contribution in [0.25, 0.3) is 11.4 Å². The molecule has 1 aliphatic heterocycles. The molecule has 2 heterocycles. The molecule has 1 N–H and O–H groups in total. The van der Waals surface area contributed by atoms with Gasteiger partial charge in [-0.05, 0) is 38.1 Å². The number of halogens is 2. The summed E-state index contributed by atoms with van der Waals surface area (Å²) in [5, 5.41) is 11.5. The van der Waals surface area contributed by atoms with E-state index in [-0.39, 0.29) is 34.6 Å². The van der Waals surface area contributed by atoms with Crippen LogP contribution in [0.1, 0.15) is 32.3 Å². The predicted molar refractivity (Wildman–Crippen MR) is 108 cm³/mol. The fourth-order valence-electron chi connectivity index (χ4n) is 3.59. The molecule has 7 nitrogen and oxygen atoms in total. The lowest BCUT2D eigenvalue weighted by atomic mass is 10.1. The monoisotopic (exact) mass is 407 g/mol. The second kappa shape index (κ2) is 8.44. The number of alkyl halides is 2. The van der Waals surface area contributed by atoms with Crippen molar-refractivity contribution in [1.82, 2.24) is 19.7 Å². The minimum absolute atomic E-state index is 0.136. The van der Waals surface area contributed by atoms with Crippen LogP contribution in [0.3, 0.4) is 0 Å². The Bertz CT molecular complexity index is 926. The van der Waals surface area contributed by atoms with Gasteiger partial charge < -0.3 is 15.0 Å². The minimum atomic E-state index is -3.00. The molecule has 0 bridgehead atoms. The molecular formula is C20H27F2N5O2. The number of likely N-dealkylation sites (tertiary alicyclic amines) is 1. The largest absolute Gasteiger partial charge is 0.496 e. The normalized spacial score (nSPS) is 17.9. The molecule has 0 saturated carbocycles. The van der Waals surface area contributed by atoms with Crippen LogP contribution in [0.5, 0.6) is 5.75 Å². The fourth-order valence-corrected chi connectivity index (χ4v) is 3.59. The average molecular weight is 407 g/mol. The molecule has 0 radical (unpaired) electrons. The molecule has 158 valence electrons. The number of hydrogen-bond donors (Lipinski definition) is 1. The van der Waals surface area contributed by atoms with E-state index in [0.29, 0.717) is 5.56 Å². The average Bonchev–Trinajstić information content (AvgIpc) is 2.70. The van der Waals surface area contributed by atoms with Crippen molar-refractivity contribution in [3.8, 4) is 17.1 Å². The van der Waals surface area contributed by atoms with Gasteiger partial charge in [0.25, 0.3) is 11.5 Å². The van der Waals surface area contributed by atoms with E-state index in [1.165, 1.54) is 29.9 Å². The molecule has 0 unspecified atom stereocenters. The first-order valence-corrected chi connectivity index (χ1v) is 9.74. The lowest BCUT2D eigenvalue weighted by Crippen LogP contribution is -2.43. The second-order valence-corrected chi connectivity index (χ2v) is 7.42. The minimum Gasteiger partial charge on any atom is -0.496 e. The molecule has 1 aromatic heterocycles. The number of piperidine rings is 1. The second-order valence-electron chi connectivity index (χ2n) is 7.42. The molecule has 9 heteroatoms. The summed E-state index contributed by atoms with van der Waals surface area (Å²) >= 11 is 0. The Labute approximate surface area is 168 Å². The smallest absolute Gasteiger partial charge is 0.296 e. The molecule has 29 heavy (non-hydrogen) atoms. The van der Waals surface area contributed by atoms with Crippen LogP contribution in [0.15, 0.2) is 23.0 Å². The van der Waals surface area contributed by atoms with Crippen molar-refractivity contribution < 1.29 is 13.5 Å². The van der Waals surface area contributed by atoms with E-state index >= 15 is 0 Å². The number of nitrogens with zero attached hydrogens (tertiary/aromatic N) is 4. The summed E-state index contributed by atoms with van der Waals surface area (Å²) in [5.74, 6) is -2.35. The molecular weight excluding hydrogens is 380 g/mol. The van der Waals surface area contributed by atoms with Crippen molar-refractivity contribution in [2.24, 2.45) is 7.05 Å². The van der Waals surface area contributed by atoms with Gasteiger partial charge in [0.05, 0.1) is 12.7 Å². The van der Waals surface area contributed by atoms with Crippen molar-refractivity contribution in [2.45, 2.75) is 38.7 Å². The lowest BCUT2D eigenvalue weighted by molar-refractivity contribution is 0.0173. The van der Waals surface area contributed by atoms with Gasteiger partial charge in [0.15, 0.2) is 5.82 Å². The summed E-state index contributed by atoms with van der Waals surface area (Å²) in [6.45, 7) is 5.81. The number of anilines is 1. The van der Waals surface area contributed by atoms with Gasteiger partial charge in [0.1, 0.15) is 5.75 Å². The third kappa shape index (κ3) is 4.55. The molecule has 1 aliphatic rings. The number of benzene rings is 1. The van der Waals surface area contributed by atoms with Crippen LogP contribution in [-0.4, -0.2) is 52.5 Å². The van der Waals surface area contributed by atoms with Gasteiger partial charge in [-0.1, -0.05) is 13.0 Å². The predicted octanol–water partition coefficient (Wildman–Crippen LogP) is 2.86. The highest BCUT2D eigenvalue weighted by atomic mass is 19.3. The van der Waals surface area contributed by atoms with Gasteiger partial charge in [-0.2, -0.15) is 0 Å². The summed E-state index contributed by atoms with van der Waals surface area (Å²) in [6, 6.07) is 4.17. The van der Waals surface area contributed by atoms with Crippen molar-refractivity contribution in [2.75, 3.05) is 32.1 Å². The van der Waals surface area contributed by atoms with Gasteiger partial charge in [-0.3, -0.25) is 9.36 Å². The third-order valence-electron chi connectivity index (χ3n) is 5.31. The van der Waals surface area contributed by atoms with E-state index in [9.17, 15) is 13.6 Å². The molecule has 2 aromatic rings. The topological polar surface area (TPSA) is 72.3 Å². The van der Waals surface area contributed by atoms with E-state index in [2.05, 4.69) is 27.3 Å². The molecule has 0 spiro atoms. The molecule has 1 aromatic carbocycles. The van der Waals surface area contributed by atoms with Crippen LogP contribution in [0.2, 0.25) is 0 Å². The Kier molecular flexibility index (Phi) is 6.16. The third-order valence-corrected chi connectivity index (χ3v) is 5.31. The van der Waals surface area contributed by atoms with E-state index in [4.69, 9.17) is 4.74 Å². The van der Waals surface area contributed by atoms with E-state index in [1.54, 1.807) is 7.05 Å². The molecule has 1 atom stereocenters. The Morgan fingerprint density at radius 2 is 2.10 bits per heavy atom. The van der Waals surface area contributed by atoms with Gasteiger partial charge in [-0.15, -0.1) is 10.2 Å². The first-order valence-electron chi connectivity index (χ1n) is 9.74. The lowest BCUT2D eigenvalue weighted by Gasteiger charge is -2.32. The quantitative estimate of drug-likeness (QED) is 0.794. The molecule has 0 aliphatic carbocycles. The summed E-state index contributed by atoms with van der Waals surface area (Å²) in [7, 11) is 2.97. The Balaban J connectivity index is 1.91. The first-order chi connectivity index (χ1) is 13.7. The first kappa shape index (κ1) is 21.2. The van der Waals surface area contributed by atoms with Crippen LogP contribution in [0, 0.1) is 0 Å². The number of likely N-dealkylation sites (N-methyl/N-ethyl adjacent to an activating group) is 1. The van der Waals surface area contributed by atoms with E-state index in [1.807, 2.05) is 0 Å². The zero-order valence-corrected chi connectivity index (χ0v) is 17.2. The van der Waals surface area contributed by atoms with Crippen LogP contribution >= 0.6 is 0 Å². The van der Waals surface area contributed by atoms with Crippen molar-refractivity contribution in [3.05, 3.63) is 34.1 Å². The Morgan fingerprint density at radius 1 is 1.34 bits per heavy atom. The number of hydrogen-bond acceptors (Lipinski definition) is 6. The standard InChI is InChI=1S/C20H27F2N5O2/c1-5-27-10-6-7-14(12-27)23-17-19(28)26(3)18(25-24-17)15-9-8-13(20(2,21)22)11-16(15)29-4/h8-9,11,14H,5-7,10,12H2,1-4H3,(H,23,24)/t14-/m1/s1. The molecule has 3 rings (SSSR count). The van der Waals surface area contributed by atoms with Crippen LogP contribution in [0.4, 0.5) is 14.6 Å². The maximum absolute atomic E-state index is 13.6. The number of methoxy groups -OCH3 is 1. The van der Waals surface area contributed by atoms with E-state index < -0.39 is 5.92 Å². The van der Waals surface area contributed by atoms with Crippen molar-refractivity contribution in [3.63, 3.8) is 0 Å². The summed E-state index contributed by atoms with van der Waals surface area (Å²) < 4.78 is 33.9. The van der Waals surface area contributed by atoms with E-state index in [0.717, 1.165) is 39.4 Å². The van der Waals surface area contributed by atoms with Gasteiger partial charge in [0, 0.05) is 32.1 Å². The zero-order valence-electron chi connectivity index (χ0n) is 17.2. The van der Waals surface area contributed by atoms with Crippen LogP contribution < -0.4 is 15.6 Å². The number of rotatable bonds is 6. The maximum atomic E-state index is 13.6. The zero-order chi connectivity index (χ0) is 21.2. The number of nitrogens with one attached hydrogen (secondary N) is 1. The molecule has 1 saturated heterocycles. The highest BCUT2D eigenvalue weighted by Gasteiger charge is 2.27. The number of aromatic nitrogens is 3. The summed E-state index contributed by atoms with van der Waals surface area (Å²) in [6.07, 6.45) is 2.02. The highest BCUT2D eigenvalue weighted by Crippen LogP contribution is 2.35. The highest BCUT2D eigenvalue weighted by molar-refractivity contribution is 5.65. The molecule has 1 fully saturated rings. The number of ether oxygens (including phenoxy) is 1. The van der Waals surface area contributed by atoms with Crippen LogP contribution in [-0.2, 0) is 13.0 Å². The summed E-state index contributed by atoms with van der Waals surface area (Å²) in [4.78, 5) is 15.2. The Hall–Kier alpha value is -2.55. The fraction of sp³-hybridized carbons (Fsp3) is 0.550. The maximum Gasteiger partial charge on any atom is 0.296 e. The van der Waals surface area contributed by atoms with Gasteiger partial charge in [-0.25, -0.2) is 8.78 Å².